The Balaban J connectivity index is 2.14. The number of methoxy groups -OCH3 is 4. The van der Waals surface area contributed by atoms with Gasteiger partial charge in [0.05, 0.1) is 34.0 Å². The topological polar surface area (TPSA) is 58.4 Å². The highest BCUT2D eigenvalue weighted by Gasteiger charge is 2.13. The molecule has 27 heavy (non-hydrogen) atoms. The zero-order valence-electron chi connectivity index (χ0n) is 15.5. The van der Waals surface area contributed by atoms with Crippen molar-refractivity contribution in [2.24, 2.45) is 0 Å². The van der Waals surface area contributed by atoms with Crippen LogP contribution < -0.4 is 24.5 Å². The van der Waals surface area contributed by atoms with E-state index in [0.717, 1.165) is 27.1 Å². The van der Waals surface area contributed by atoms with Gasteiger partial charge in [-0.05, 0) is 41.1 Å². The fraction of sp³-hybridized carbons (Fsp3) is 0.190. The predicted octanol–water partition coefficient (Wildman–Crippen LogP) is 3.64. The van der Waals surface area contributed by atoms with Crippen molar-refractivity contribution < 1.29 is 18.9 Å². The van der Waals surface area contributed by atoms with Gasteiger partial charge in [0.25, 0.3) is 5.56 Å². The molecule has 2 aromatic carbocycles. The molecule has 138 valence electrons. The van der Waals surface area contributed by atoms with E-state index < -0.39 is 0 Å². The van der Waals surface area contributed by atoms with Crippen LogP contribution in [0.1, 0.15) is 0 Å². The van der Waals surface area contributed by atoms with Crippen molar-refractivity contribution in [2.45, 2.75) is 0 Å². The minimum atomic E-state index is -0.124. The standard InChI is InChI=1S/C21H19NO5/c1-24-17-6-12-5-16-15-10-20(27-4)18(25-2)7-13(15)9-21(23)22(16)11-14(12)8-19(17)26-3/h5-11H,1-4H3. The van der Waals surface area contributed by atoms with Gasteiger partial charge >= 0.3 is 0 Å². The van der Waals surface area contributed by atoms with Crippen LogP contribution in [0.3, 0.4) is 0 Å². The number of ether oxygens (including phenoxy) is 4. The molecule has 0 amide bonds. The third-order valence-electron chi connectivity index (χ3n) is 4.76. The second-order valence-corrected chi connectivity index (χ2v) is 6.14. The van der Waals surface area contributed by atoms with Gasteiger partial charge in [-0.15, -0.1) is 0 Å². The van der Waals surface area contributed by atoms with Crippen LogP contribution in [0.2, 0.25) is 0 Å². The lowest BCUT2D eigenvalue weighted by atomic mass is 10.1. The van der Waals surface area contributed by atoms with E-state index in [2.05, 4.69) is 0 Å². The van der Waals surface area contributed by atoms with Crippen LogP contribution in [-0.4, -0.2) is 32.8 Å². The van der Waals surface area contributed by atoms with E-state index in [0.29, 0.717) is 23.0 Å². The number of rotatable bonds is 4. The van der Waals surface area contributed by atoms with Gasteiger partial charge in [-0.1, -0.05) is 0 Å². The number of benzene rings is 2. The molecule has 0 saturated heterocycles. The molecular formula is C21H19NO5. The minimum absolute atomic E-state index is 0.124. The number of aromatic nitrogens is 1. The zero-order chi connectivity index (χ0) is 19.1. The summed E-state index contributed by atoms with van der Waals surface area (Å²) in [6, 6.07) is 11.0. The summed E-state index contributed by atoms with van der Waals surface area (Å²) in [4.78, 5) is 12.7. The van der Waals surface area contributed by atoms with Gasteiger partial charge in [-0.2, -0.15) is 0 Å². The number of pyridine rings is 2. The predicted molar refractivity (Wildman–Crippen MR) is 105 cm³/mol. The third kappa shape index (κ3) is 2.61. The first-order valence-corrected chi connectivity index (χ1v) is 8.36. The van der Waals surface area contributed by atoms with Crippen molar-refractivity contribution in [3.63, 3.8) is 0 Å². The van der Waals surface area contributed by atoms with Gasteiger partial charge in [-0.25, -0.2) is 0 Å². The normalized spacial score (nSPS) is 11.1. The average Bonchev–Trinajstić information content (AvgIpc) is 2.70. The van der Waals surface area contributed by atoms with Gasteiger partial charge in [0, 0.05) is 23.0 Å². The Hall–Kier alpha value is -3.41. The van der Waals surface area contributed by atoms with Crippen LogP contribution in [0.5, 0.6) is 23.0 Å². The Morgan fingerprint density at radius 1 is 0.630 bits per heavy atom. The van der Waals surface area contributed by atoms with E-state index in [-0.39, 0.29) is 5.56 Å². The molecule has 0 fully saturated rings. The molecule has 0 spiro atoms. The quantitative estimate of drug-likeness (QED) is 0.408. The van der Waals surface area contributed by atoms with Crippen molar-refractivity contribution in [2.75, 3.05) is 28.4 Å². The molecule has 0 atom stereocenters. The van der Waals surface area contributed by atoms with Gasteiger partial charge in [-0.3, -0.25) is 9.20 Å². The van der Waals surface area contributed by atoms with Crippen LogP contribution in [0.25, 0.3) is 27.1 Å². The molecule has 6 nitrogen and oxygen atoms in total. The molecule has 2 aromatic heterocycles. The highest BCUT2D eigenvalue weighted by atomic mass is 16.5. The van der Waals surface area contributed by atoms with Gasteiger partial charge in [0.15, 0.2) is 23.0 Å². The summed E-state index contributed by atoms with van der Waals surface area (Å²) >= 11 is 0. The van der Waals surface area contributed by atoms with Crippen molar-refractivity contribution in [1.29, 1.82) is 0 Å². The maximum atomic E-state index is 12.7. The fourth-order valence-electron chi connectivity index (χ4n) is 3.40. The highest BCUT2D eigenvalue weighted by Crippen LogP contribution is 2.36. The SMILES string of the molecule is COc1cc2cc3c4cc(OC)c(OC)cc4cc(=O)n3cc2cc1OC. The average molecular weight is 365 g/mol. The monoisotopic (exact) mass is 365 g/mol. The van der Waals surface area contributed by atoms with Crippen LogP contribution in [0.15, 0.2) is 47.4 Å². The molecular weight excluding hydrogens is 346 g/mol. The highest BCUT2D eigenvalue weighted by molar-refractivity contribution is 6.01. The summed E-state index contributed by atoms with van der Waals surface area (Å²) in [6.45, 7) is 0. The molecule has 2 heterocycles. The molecule has 6 heteroatoms. The van der Waals surface area contributed by atoms with Crippen molar-refractivity contribution >= 4 is 27.1 Å². The smallest absolute Gasteiger partial charge is 0.255 e. The van der Waals surface area contributed by atoms with Crippen molar-refractivity contribution in [1.82, 2.24) is 4.40 Å². The van der Waals surface area contributed by atoms with E-state index >= 15 is 0 Å². The maximum absolute atomic E-state index is 12.7. The molecule has 0 aliphatic rings. The van der Waals surface area contributed by atoms with Gasteiger partial charge in [0.1, 0.15) is 0 Å². The zero-order valence-corrected chi connectivity index (χ0v) is 15.5. The molecule has 0 saturated carbocycles. The number of fused-ring (bicyclic) bond motifs is 4. The Bertz CT molecular complexity index is 1240. The first-order valence-electron chi connectivity index (χ1n) is 8.36. The fourth-order valence-corrected chi connectivity index (χ4v) is 3.40. The van der Waals surface area contributed by atoms with Gasteiger partial charge in [0.2, 0.25) is 0 Å². The first-order chi connectivity index (χ1) is 13.1. The van der Waals surface area contributed by atoms with E-state index in [1.165, 1.54) is 0 Å². The van der Waals surface area contributed by atoms with Crippen molar-refractivity contribution in [3.05, 3.63) is 52.9 Å². The first kappa shape index (κ1) is 17.0. The summed E-state index contributed by atoms with van der Waals surface area (Å²) in [5.41, 5.74) is 0.652. The summed E-state index contributed by atoms with van der Waals surface area (Å²) in [5, 5.41) is 3.50. The Labute approximate surface area is 155 Å². The number of hydrogen-bond donors (Lipinski definition) is 0. The maximum Gasteiger partial charge on any atom is 0.255 e. The Kier molecular flexibility index (Phi) is 4.03. The summed E-state index contributed by atoms with van der Waals surface area (Å²) in [5.74, 6) is 2.44. The molecule has 0 aliphatic heterocycles. The van der Waals surface area contributed by atoms with Crippen LogP contribution in [-0.2, 0) is 0 Å². The van der Waals surface area contributed by atoms with Crippen LogP contribution in [0.4, 0.5) is 0 Å². The Morgan fingerprint density at radius 2 is 1.15 bits per heavy atom. The summed E-state index contributed by atoms with van der Waals surface area (Å²) in [6.07, 6.45) is 1.81. The Morgan fingerprint density at radius 3 is 1.74 bits per heavy atom. The second-order valence-electron chi connectivity index (χ2n) is 6.14. The number of hydrogen-bond acceptors (Lipinski definition) is 5. The number of nitrogens with zero attached hydrogens (tertiary/aromatic N) is 1. The summed E-state index contributed by atoms with van der Waals surface area (Å²) in [7, 11) is 6.35. The lowest BCUT2D eigenvalue weighted by Crippen LogP contribution is -2.12. The van der Waals surface area contributed by atoms with Crippen LogP contribution >= 0.6 is 0 Å². The molecule has 0 bridgehead atoms. The van der Waals surface area contributed by atoms with Crippen LogP contribution in [0, 0.1) is 0 Å². The molecule has 0 radical (unpaired) electrons. The summed E-state index contributed by atoms with van der Waals surface area (Å²) < 4.78 is 23.2. The molecule has 0 aliphatic carbocycles. The lowest BCUT2D eigenvalue weighted by molar-refractivity contribution is 0.356. The third-order valence-corrected chi connectivity index (χ3v) is 4.76. The van der Waals surface area contributed by atoms with Gasteiger partial charge < -0.3 is 18.9 Å². The second kappa shape index (κ2) is 6.39. The molecule has 0 unspecified atom stereocenters. The van der Waals surface area contributed by atoms with E-state index in [9.17, 15) is 4.79 Å². The van der Waals surface area contributed by atoms with E-state index in [1.54, 1.807) is 38.9 Å². The lowest BCUT2D eigenvalue weighted by Gasteiger charge is -2.13. The van der Waals surface area contributed by atoms with E-state index in [4.69, 9.17) is 18.9 Å². The van der Waals surface area contributed by atoms with E-state index in [1.807, 2.05) is 36.5 Å². The molecule has 4 rings (SSSR count). The van der Waals surface area contributed by atoms with Crippen molar-refractivity contribution in [3.8, 4) is 23.0 Å². The molecule has 4 aromatic rings. The largest absolute Gasteiger partial charge is 0.493 e. The minimum Gasteiger partial charge on any atom is -0.493 e. The molecule has 0 N–H and O–H groups in total.